The molecule has 0 fully saturated rings. The number of rotatable bonds is 6. The van der Waals surface area contributed by atoms with E-state index in [1.807, 2.05) is 20.8 Å². The molecular weight excluding hydrogens is 212 g/mol. The van der Waals surface area contributed by atoms with Crippen molar-refractivity contribution >= 4 is 5.91 Å². The van der Waals surface area contributed by atoms with Crippen LogP contribution in [0.4, 0.5) is 0 Å². The summed E-state index contributed by atoms with van der Waals surface area (Å²) in [5.41, 5.74) is 0.360. The zero-order chi connectivity index (χ0) is 13.6. The molecule has 0 radical (unpaired) electrons. The highest BCUT2D eigenvalue weighted by atomic mass is 16.2. The molecule has 2 atom stereocenters. The summed E-state index contributed by atoms with van der Waals surface area (Å²) >= 11 is 0. The molecule has 0 heterocycles. The molecule has 1 amide bonds. The van der Waals surface area contributed by atoms with Crippen molar-refractivity contribution in [2.24, 2.45) is 5.41 Å². The van der Waals surface area contributed by atoms with E-state index >= 15 is 0 Å². The van der Waals surface area contributed by atoms with Crippen molar-refractivity contribution in [3.63, 3.8) is 0 Å². The van der Waals surface area contributed by atoms with Gasteiger partial charge in [-0.15, -0.1) is 0 Å². The number of hydrogen-bond donors (Lipinski definition) is 2. The molecule has 0 bridgehead atoms. The van der Waals surface area contributed by atoms with Crippen LogP contribution < -0.4 is 10.6 Å². The summed E-state index contributed by atoms with van der Waals surface area (Å²) in [7, 11) is 0. The third kappa shape index (κ3) is 9.16. The first-order valence-electron chi connectivity index (χ1n) is 6.68. The molecule has 102 valence electrons. The van der Waals surface area contributed by atoms with E-state index in [1.165, 1.54) is 6.42 Å². The summed E-state index contributed by atoms with van der Waals surface area (Å²) < 4.78 is 0. The van der Waals surface area contributed by atoms with E-state index in [4.69, 9.17) is 0 Å². The average molecular weight is 242 g/mol. The van der Waals surface area contributed by atoms with Crippen LogP contribution in [0, 0.1) is 5.41 Å². The quantitative estimate of drug-likeness (QED) is 0.752. The molecule has 2 N–H and O–H groups in total. The molecule has 2 unspecified atom stereocenters. The number of nitrogens with one attached hydrogen (secondary N) is 2. The van der Waals surface area contributed by atoms with Crippen molar-refractivity contribution in [2.45, 2.75) is 79.4 Å². The second kappa shape index (κ2) is 7.00. The highest BCUT2D eigenvalue weighted by molar-refractivity contribution is 5.81. The summed E-state index contributed by atoms with van der Waals surface area (Å²) in [5, 5.41) is 6.26. The summed E-state index contributed by atoms with van der Waals surface area (Å²) in [6.07, 6.45) is 2.27. The lowest BCUT2D eigenvalue weighted by atomic mass is 9.89. The maximum atomic E-state index is 11.7. The van der Waals surface area contributed by atoms with Gasteiger partial charge in [0, 0.05) is 12.1 Å². The highest BCUT2D eigenvalue weighted by Crippen LogP contribution is 2.21. The van der Waals surface area contributed by atoms with Gasteiger partial charge in [-0.25, -0.2) is 0 Å². The Labute approximate surface area is 107 Å². The van der Waals surface area contributed by atoms with Crippen molar-refractivity contribution in [3.05, 3.63) is 0 Å². The third-order valence-corrected chi connectivity index (χ3v) is 2.69. The Kier molecular flexibility index (Phi) is 6.76. The van der Waals surface area contributed by atoms with Gasteiger partial charge in [0.15, 0.2) is 0 Å². The fourth-order valence-corrected chi connectivity index (χ4v) is 1.64. The zero-order valence-corrected chi connectivity index (χ0v) is 12.6. The van der Waals surface area contributed by atoms with E-state index in [-0.39, 0.29) is 18.0 Å². The Hall–Kier alpha value is -0.570. The average Bonchev–Trinajstić information content (AvgIpc) is 2.12. The smallest absolute Gasteiger partial charge is 0.237 e. The largest absolute Gasteiger partial charge is 0.353 e. The van der Waals surface area contributed by atoms with E-state index in [9.17, 15) is 4.79 Å². The first-order valence-corrected chi connectivity index (χ1v) is 6.68. The van der Waals surface area contributed by atoms with E-state index in [0.29, 0.717) is 11.5 Å². The van der Waals surface area contributed by atoms with Crippen molar-refractivity contribution in [2.75, 3.05) is 0 Å². The zero-order valence-electron chi connectivity index (χ0n) is 12.6. The normalized spacial score (nSPS) is 15.8. The van der Waals surface area contributed by atoms with Gasteiger partial charge in [-0.2, -0.15) is 0 Å². The SMILES string of the molecule is CC(C)NC(=O)C(C)NC(C)CCC(C)(C)C. The van der Waals surface area contributed by atoms with Crippen LogP contribution in [0.1, 0.15) is 61.3 Å². The molecule has 0 saturated carbocycles. The van der Waals surface area contributed by atoms with Gasteiger partial charge >= 0.3 is 0 Å². The molecule has 0 spiro atoms. The van der Waals surface area contributed by atoms with Crippen LogP contribution in [0.25, 0.3) is 0 Å². The number of amides is 1. The fraction of sp³-hybridized carbons (Fsp3) is 0.929. The van der Waals surface area contributed by atoms with E-state index in [0.717, 1.165) is 6.42 Å². The maximum absolute atomic E-state index is 11.7. The Balaban J connectivity index is 3.95. The first-order chi connectivity index (χ1) is 7.61. The minimum atomic E-state index is -0.118. The summed E-state index contributed by atoms with van der Waals surface area (Å²) in [5.74, 6) is 0.0857. The molecule has 0 aromatic carbocycles. The second-order valence-electron chi connectivity index (χ2n) is 6.55. The van der Waals surface area contributed by atoms with Crippen LogP contribution in [0.5, 0.6) is 0 Å². The lowest BCUT2D eigenvalue weighted by Crippen LogP contribution is -2.47. The Morgan fingerprint density at radius 2 is 1.65 bits per heavy atom. The molecule has 0 aromatic heterocycles. The molecule has 17 heavy (non-hydrogen) atoms. The predicted octanol–water partition coefficient (Wildman–Crippen LogP) is 2.70. The van der Waals surface area contributed by atoms with Gasteiger partial charge in [0.25, 0.3) is 0 Å². The third-order valence-electron chi connectivity index (χ3n) is 2.69. The lowest BCUT2D eigenvalue weighted by molar-refractivity contribution is -0.123. The van der Waals surface area contributed by atoms with Crippen LogP contribution in [0.2, 0.25) is 0 Å². The van der Waals surface area contributed by atoms with Crippen LogP contribution in [0.15, 0.2) is 0 Å². The van der Waals surface area contributed by atoms with Crippen molar-refractivity contribution in [1.82, 2.24) is 10.6 Å². The fourth-order valence-electron chi connectivity index (χ4n) is 1.64. The molecule has 0 aliphatic rings. The van der Waals surface area contributed by atoms with Crippen molar-refractivity contribution < 1.29 is 4.79 Å². The molecule has 3 heteroatoms. The molecular formula is C14H30N2O. The number of carbonyl (C=O) groups excluding carboxylic acids is 1. The molecule has 0 aliphatic heterocycles. The maximum Gasteiger partial charge on any atom is 0.237 e. The van der Waals surface area contributed by atoms with Gasteiger partial charge in [0.05, 0.1) is 6.04 Å². The molecule has 3 nitrogen and oxygen atoms in total. The highest BCUT2D eigenvalue weighted by Gasteiger charge is 2.17. The van der Waals surface area contributed by atoms with E-state index in [2.05, 4.69) is 38.3 Å². The van der Waals surface area contributed by atoms with Gasteiger partial charge < -0.3 is 10.6 Å². The second-order valence-corrected chi connectivity index (χ2v) is 6.55. The van der Waals surface area contributed by atoms with Crippen LogP contribution >= 0.6 is 0 Å². The van der Waals surface area contributed by atoms with Crippen LogP contribution in [-0.4, -0.2) is 24.0 Å². The standard InChI is InChI=1S/C14H30N2O/c1-10(2)15-13(17)12(4)16-11(3)8-9-14(5,6)7/h10-12,16H,8-9H2,1-7H3,(H,15,17). The lowest BCUT2D eigenvalue weighted by Gasteiger charge is -2.24. The van der Waals surface area contributed by atoms with Crippen molar-refractivity contribution in [3.8, 4) is 0 Å². The van der Waals surface area contributed by atoms with Gasteiger partial charge in [0.1, 0.15) is 0 Å². The first kappa shape index (κ1) is 16.4. The molecule has 0 aromatic rings. The molecule has 0 rings (SSSR count). The van der Waals surface area contributed by atoms with Gasteiger partial charge in [-0.05, 0) is 46.0 Å². The minimum Gasteiger partial charge on any atom is -0.353 e. The van der Waals surface area contributed by atoms with Crippen molar-refractivity contribution in [1.29, 1.82) is 0 Å². The monoisotopic (exact) mass is 242 g/mol. The minimum absolute atomic E-state index is 0.0857. The summed E-state index contributed by atoms with van der Waals surface area (Å²) in [6, 6.07) is 0.464. The Morgan fingerprint density at radius 3 is 2.06 bits per heavy atom. The van der Waals surface area contributed by atoms with Crippen LogP contribution in [-0.2, 0) is 4.79 Å². The summed E-state index contributed by atoms with van der Waals surface area (Å²) in [6.45, 7) is 14.8. The Morgan fingerprint density at radius 1 is 1.12 bits per heavy atom. The summed E-state index contributed by atoms with van der Waals surface area (Å²) in [4.78, 5) is 11.7. The van der Waals surface area contributed by atoms with Crippen LogP contribution in [0.3, 0.4) is 0 Å². The van der Waals surface area contributed by atoms with E-state index < -0.39 is 0 Å². The number of carbonyl (C=O) groups is 1. The predicted molar refractivity (Wildman–Crippen MR) is 74.0 cm³/mol. The van der Waals surface area contributed by atoms with Gasteiger partial charge in [-0.1, -0.05) is 20.8 Å². The van der Waals surface area contributed by atoms with E-state index in [1.54, 1.807) is 0 Å². The molecule has 0 aliphatic carbocycles. The number of hydrogen-bond acceptors (Lipinski definition) is 2. The topological polar surface area (TPSA) is 41.1 Å². The van der Waals surface area contributed by atoms with Gasteiger partial charge in [0.2, 0.25) is 5.91 Å². The molecule has 0 saturated heterocycles. The Bertz CT molecular complexity index is 231. The van der Waals surface area contributed by atoms with Gasteiger partial charge in [-0.3, -0.25) is 4.79 Å².